The zero-order valence-electron chi connectivity index (χ0n) is 9.77. The van der Waals surface area contributed by atoms with Crippen LogP contribution in [0, 0.1) is 5.92 Å². The lowest BCUT2D eigenvalue weighted by Gasteiger charge is -2.04. The second kappa shape index (κ2) is 6.59. The smallest absolute Gasteiger partial charge is 0.147 e. The molecule has 0 saturated carbocycles. The maximum Gasteiger partial charge on any atom is 0.147 e. The van der Waals surface area contributed by atoms with E-state index in [0.29, 0.717) is 18.1 Å². The Morgan fingerprint density at radius 3 is 2.50 bits per heavy atom. The van der Waals surface area contributed by atoms with E-state index in [1.165, 1.54) is 0 Å². The Kier molecular flexibility index (Phi) is 5.39. The van der Waals surface area contributed by atoms with Crippen molar-refractivity contribution in [2.75, 3.05) is 11.5 Å². The minimum absolute atomic E-state index is 0.241. The van der Waals surface area contributed by atoms with Gasteiger partial charge in [-0.3, -0.25) is 4.79 Å². The Bertz CT molecular complexity index is 330. The van der Waals surface area contributed by atoms with Crippen molar-refractivity contribution in [3.63, 3.8) is 0 Å². The molecular weight excluding hydrogens is 220 g/mol. The van der Waals surface area contributed by atoms with E-state index in [-0.39, 0.29) is 11.5 Å². The summed E-state index contributed by atoms with van der Waals surface area (Å²) >= 11 is 1.69. The Balaban J connectivity index is 2.31. The minimum Gasteiger partial charge on any atom is -0.508 e. The summed E-state index contributed by atoms with van der Waals surface area (Å²) in [7, 11) is 0. The molecular formula is C13H18O2S. The van der Waals surface area contributed by atoms with E-state index >= 15 is 0 Å². The Morgan fingerprint density at radius 1 is 1.31 bits per heavy atom. The third-order valence-electron chi connectivity index (χ3n) is 2.05. The van der Waals surface area contributed by atoms with Crippen molar-refractivity contribution < 1.29 is 9.90 Å². The van der Waals surface area contributed by atoms with Gasteiger partial charge in [0.25, 0.3) is 0 Å². The van der Waals surface area contributed by atoms with Gasteiger partial charge in [0.1, 0.15) is 11.5 Å². The number of hydrogen-bond donors (Lipinski definition) is 1. The second-order valence-corrected chi connectivity index (χ2v) is 5.32. The molecule has 0 aromatic heterocycles. The lowest BCUT2D eigenvalue weighted by Crippen LogP contribution is -2.07. The maximum absolute atomic E-state index is 11.6. The number of aromatic hydroxyl groups is 1. The monoisotopic (exact) mass is 238 g/mol. The highest BCUT2D eigenvalue weighted by molar-refractivity contribution is 7.99. The summed E-state index contributed by atoms with van der Waals surface area (Å²) in [5, 5.41) is 9.10. The van der Waals surface area contributed by atoms with Gasteiger partial charge in [0.15, 0.2) is 0 Å². The largest absolute Gasteiger partial charge is 0.508 e. The van der Waals surface area contributed by atoms with Crippen LogP contribution in [0.1, 0.15) is 19.4 Å². The highest BCUT2D eigenvalue weighted by atomic mass is 32.2. The molecule has 88 valence electrons. The number of carbonyl (C=O) groups excluding carboxylic acids is 1. The SMILES string of the molecule is CC(C)CSCC(=O)Cc1ccc(O)cc1. The van der Waals surface area contributed by atoms with E-state index in [1.807, 2.05) is 0 Å². The number of phenolic OH excluding ortho intramolecular Hbond substituents is 1. The van der Waals surface area contributed by atoms with Gasteiger partial charge in [0, 0.05) is 6.42 Å². The van der Waals surface area contributed by atoms with E-state index in [4.69, 9.17) is 5.11 Å². The van der Waals surface area contributed by atoms with Gasteiger partial charge in [-0.2, -0.15) is 11.8 Å². The summed E-state index contributed by atoms with van der Waals surface area (Å²) in [4.78, 5) is 11.6. The fraction of sp³-hybridized carbons (Fsp3) is 0.462. The Labute approximate surface area is 101 Å². The Hall–Kier alpha value is -0.960. The number of benzene rings is 1. The van der Waals surface area contributed by atoms with Gasteiger partial charge in [0.05, 0.1) is 5.75 Å². The first-order chi connectivity index (χ1) is 7.58. The van der Waals surface area contributed by atoms with Crippen LogP contribution in [-0.2, 0) is 11.2 Å². The first-order valence-corrected chi connectivity index (χ1v) is 6.60. The third kappa shape index (κ3) is 5.21. The predicted molar refractivity (Wildman–Crippen MR) is 69.0 cm³/mol. The number of phenols is 1. The molecule has 0 unspecified atom stereocenters. The van der Waals surface area contributed by atoms with Crippen molar-refractivity contribution in [1.29, 1.82) is 0 Å². The standard InChI is InChI=1S/C13H18O2S/c1-10(2)8-16-9-13(15)7-11-3-5-12(14)6-4-11/h3-6,10,14H,7-9H2,1-2H3. The molecule has 0 aliphatic rings. The Morgan fingerprint density at radius 2 is 1.94 bits per heavy atom. The number of carbonyl (C=O) groups is 1. The number of hydrogen-bond acceptors (Lipinski definition) is 3. The van der Waals surface area contributed by atoms with Crippen molar-refractivity contribution >= 4 is 17.5 Å². The summed E-state index contributed by atoms with van der Waals surface area (Å²) in [5.74, 6) is 2.73. The molecule has 0 heterocycles. The second-order valence-electron chi connectivity index (χ2n) is 4.29. The highest BCUT2D eigenvalue weighted by Crippen LogP contribution is 2.12. The molecule has 2 nitrogen and oxygen atoms in total. The fourth-order valence-corrected chi connectivity index (χ4v) is 2.22. The molecule has 0 bridgehead atoms. The highest BCUT2D eigenvalue weighted by Gasteiger charge is 2.04. The van der Waals surface area contributed by atoms with E-state index < -0.39 is 0 Å². The van der Waals surface area contributed by atoms with Crippen molar-refractivity contribution in [2.24, 2.45) is 5.92 Å². The molecule has 3 heteroatoms. The summed E-state index contributed by atoms with van der Waals surface area (Å²) in [6, 6.07) is 6.81. The first kappa shape index (κ1) is 13.1. The normalized spacial score (nSPS) is 10.7. The number of Topliss-reactive ketones (excluding diaryl/α,β-unsaturated/α-hetero) is 1. The molecule has 1 aromatic carbocycles. The van der Waals surface area contributed by atoms with Crippen LogP contribution in [0.15, 0.2) is 24.3 Å². The van der Waals surface area contributed by atoms with Crippen LogP contribution < -0.4 is 0 Å². The van der Waals surface area contributed by atoms with E-state index in [0.717, 1.165) is 11.3 Å². The van der Waals surface area contributed by atoms with E-state index in [9.17, 15) is 4.79 Å². The maximum atomic E-state index is 11.6. The van der Waals surface area contributed by atoms with Crippen LogP contribution >= 0.6 is 11.8 Å². The number of ketones is 1. The van der Waals surface area contributed by atoms with Gasteiger partial charge in [-0.1, -0.05) is 26.0 Å². The molecule has 0 atom stereocenters. The van der Waals surface area contributed by atoms with Crippen molar-refractivity contribution in [1.82, 2.24) is 0 Å². The van der Waals surface area contributed by atoms with Crippen molar-refractivity contribution in [2.45, 2.75) is 20.3 Å². The zero-order chi connectivity index (χ0) is 12.0. The molecule has 1 rings (SSSR count). The quantitative estimate of drug-likeness (QED) is 0.828. The average Bonchev–Trinajstić information content (AvgIpc) is 2.21. The molecule has 1 aromatic rings. The molecule has 0 saturated heterocycles. The number of rotatable bonds is 6. The van der Waals surface area contributed by atoms with E-state index in [2.05, 4.69) is 13.8 Å². The van der Waals surface area contributed by atoms with Gasteiger partial charge in [-0.25, -0.2) is 0 Å². The third-order valence-corrected chi connectivity index (χ3v) is 3.48. The molecule has 0 radical (unpaired) electrons. The van der Waals surface area contributed by atoms with Gasteiger partial charge < -0.3 is 5.11 Å². The zero-order valence-corrected chi connectivity index (χ0v) is 10.6. The molecule has 0 spiro atoms. The summed E-state index contributed by atoms with van der Waals surface area (Å²) in [6.07, 6.45) is 0.464. The van der Waals surface area contributed by atoms with Crippen molar-refractivity contribution in [3.8, 4) is 5.75 Å². The lowest BCUT2D eigenvalue weighted by molar-refractivity contribution is -0.116. The lowest BCUT2D eigenvalue weighted by atomic mass is 10.1. The van der Waals surface area contributed by atoms with Gasteiger partial charge in [-0.05, 0) is 29.4 Å². The summed E-state index contributed by atoms with van der Waals surface area (Å²) in [6.45, 7) is 4.30. The molecule has 0 aliphatic carbocycles. The minimum atomic E-state index is 0.241. The predicted octanol–water partition coefficient (Wildman–Crippen LogP) is 2.89. The van der Waals surface area contributed by atoms with Crippen LogP contribution in [0.2, 0.25) is 0 Å². The summed E-state index contributed by atoms with van der Waals surface area (Å²) < 4.78 is 0. The molecule has 0 amide bonds. The van der Waals surface area contributed by atoms with Crippen LogP contribution in [0.4, 0.5) is 0 Å². The van der Waals surface area contributed by atoms with Crippen LogP contribution in [0.25, 0.3) is 0 Å². The number of thioether (sulfide) groups is 1. The molecule has 0 fully saturated rings. The summed E-state index contributed by atoms with van der Waals surface area (Å²) in [5.41, 5.74) is 0.966. The fourth-order valence-electron chi connectivity index (χ4n) is 1.30. The van der Waals surface area contributed by atoms with Gasteiger partial charge >= 0.3 is 0 Å². The molecule has 1 N–H and O–H groups in total. The van der Waals surface area contributed by atoms with Crippen LogP contribution in [0.3, 0.4) is 0 Å². The van der Waals surface area contributed by atoms with Crippen LogP contribution in [0.5, 0.6) is 5.75 Å². The van der Waals surface area contributed by atoms with E-state index in [1.54, 1.807) is 36.0 Å². The molecule has 16 heavy (non-hydrogen) atoms. The van der Waals surface area contributed by atoms with Gasteiger partial charge in [0.2, 0.25) is 0 Å². The first-order valence-electron chi connectivity index (χ1n) is 5.45. The molecule has 0 aliphatic heterocycles. The topological polar surface area (TPSA) is 37.3 Å². The van der Waals surface area contributed by atoms with Gasteiger partial charge in [-0.15, -0.1) is 0 Å². The van der Waals surface area contributed by atoms with Crippen LogP contribution in [-0.4, -0.2) is 22.4 Å². The average molecular weight is 238 g/mol. The van der Waals surface area contributed by atoms with Crippen molar-refractivity contribution in [3.05, 3.63) is 29.8 Å².